The summed E-state index contributed by atoms with van der Waals surface area (Å²) in [5, 5.41) is 18.2. The van der Waals surface area contributed by atoms with E-state index in [0.717, 1.165) is 12.1 Å². The second kappa shape index (κ2) is 3.45. The van der Waals surface area contributed by atoms with Gasteiger partial charge in [0.25, 0.3) is 0 Å². The van der Waals surface area contributed by atoms with E-state index in [9.17, 15) is 0 Å². The van der Waals surface area contributed by atoms with Gasteiger partial charge in [0.2, 0.25) is 0 Å². The maximum atomic E-state index is 9.14. The van der Waals surface area contributed by atoms with Crippen molar-refractivity contribution in [2.24, 2.45) is 0 Å². The fraction of sp³-hybridized carbons (Fsp3) is 0.333. The highest BCUT2D eigenvalue weighted by Crippen LogP contribution is 2.24. The highest BCUT2D eigenvalue weighted by Gasteiger charge is 2.00. The molecular formula is C9H13NO2. The summed E-state index contributed by atoms with van der Waals surface area (Å²) in [5.41, 5.74) is 0.982. The maximum absolute atomic E-state index is 9.14. The summed E-state index contributed by atoms with van der Waals surface area (Å²) in [6.45, 7) is 0.758. The van der Waals surface area contributed by atoms with Crippen molar-refractivity contribution in [1.29, 1.82) is 0 Å². The lowest BCUT2D eigenvalue weighted by atomic mass is 10.2. The van der Waals surface area contributed by atoms with Gasteiger partial charge in [0, 0.05) is 6.54 Å². The predicted molar refractivity (Wildman–Crippen MR) is 47.2 cm³/mol. The SMILES string of the molecule is CN(C)Cc1ccc(O)c(O)c1. The Hall–Kier alpha value is -1.22. The molecule has 0 atom stereocenters. The number of phenolic OH excluding ortho intramolecular Hbond substituents is 2. The van der Waals surface area contributed by atoms with Gasteiger partial charge in [0.1, 0.15) is 0 Å². The van der Waals surface area contributed by atoms with Crippen LogP contribution in [0, 0.1) is 0 Å². The van der Waals surface area contributed by atoms with E-state index in [2.05, 4.69) is 0 Å². The second-order valence-corrected chi connectivity index (χ2v) is 3.06. The maximum Gasteiger partial charge on any atom is 0.157 e. The van der Waals surface area contributed by atoms with Gasteiger partial charge in [0.15, 0.2) is 11.5 Å². The van der Waals surface area contributed by atoms with Crippen LogP contribution in [0.25, 0.3) is 0 Å². The summed E-state index contributed by atoms with van der Waals surface area (Å²) < 4.78 is 0. The van der Waals surface area contributed by atoms with Gasteiger partial charge in [-0.2, -0.15) is 0 Å². The molecule has 0 saturated carbocycles. The average Bonchev–Trinajstić information content (AvgIpc) is 1.96. The zero-order chi connectivity index (χ0) is 9.14. The molecular weight excluding hydrogens is 154 g/mol. The summed E-state index contributed by atoms with van der Waals surface area (Å²) in [6.07, 6.45) is 0. The van der Waals surface area contributed by atoms with E-state index in [0.29, 0.717) is 0 Å². The van der Waals surface area contributed by atoms with E-state index >= 15 is 0 Å². The monoisotopic (exact) mass is 167 g/mol. The third kappa shape index (κ3) is 2.13. The number of nitrogens with zero attached hydrogens (tertiary/aromatic N) is 1. The molecule has 0 spiro atoms. The van der Waals surface area contributed by atoms with Crippen molar-refractivity contribution >= 4 is 0 Å². The quantitative estimate of drug-likeness (QED) is 0.649. The Morgan fingerprint density at radius 2 is 1.83 bits per heavy atom. The molecule has 1 aromatic carbocycles. The van der Waals surface area contributed by atoms with Crippen molar-refractivity contribution in [3.8, 4) is 11.5 Å². The third-order valence-corrected chi connectivity index (χ3v) is 1.54. The first kappa shape index (κ1) is 8.87. The molecule has 3 nitrogen and oxygen atoms in total. The summed E-state index contributed by atoms with van der Waals surface area (Å²) in [4.78, 5) is 1.99. The normalized spacial score (nSPS) is 10.6. The van der Waals surface area contributed by atoms with Crippen molar-refractivity contribution in [2.45, 2.75) is 6.54 Å². The Morgan fingerprint density at radius 1 is 1.17 bits per heavy atom. The van der Waals surface area contributed by atoms with Gasteiger partial charge in [-0.1, -0.05) is 6.07 Å². The van der Waals surface area contributed by atoms with E-state index < -0.39 is 0 Å². The van der Waals surface area contributed by atoms with Crippen molar-refractivity contribution in [1.82, 2.24) is 4.90 Å². The fourth-order valence-corrected chi connectivity index (χ4v) is 1.03. The molecule has 0 aromatic heterocycles. The van der Waals surface area contributed by atoms with Crippen LogP contribution in [0.15, 0.2) is 18.2 Å². The van der Waals surface area contributed by atoms with E-state index in [4.69, 9.17) is 10.2 Å². The van der Waals surface area contributed by atoms with E-state index in [1.165, 1.54) is 6.07 Å². The molecule has 3 heteroatoms. The molecule has 2 N–H and O–H groups in total. The zero-order valence-corrected chi connectivity index (χ0v) is 7.28. The van der Waals surface area contributed by atoms with Crippen molar-refractivity contribution in [3.05, 3.63) is 23.8 Å². The molecule has 0 aliphatic carbocycles. The van der Waals surface area contributed by atoms with Crippen molar-refractivity contribution < 1.29 is 10.2 Å². The molecule has 0 amide bonds. The van der Waals surface area contributed by atoms with Crippen LogP contribution < -0.4 is 0 Å². The van der Waals surface area contributed by atoms with Gasteiger partial charge in [-0.05, 0) is 31.8 Å². The van der Waals surface area contributed by atoms with Crippen LogP contribution in [0.4, 0.5) is 0 Å². The van der Waals surface area contributed by atoms with Crippen molar-refractivity contribution in [3.63, 3.8) is 0 Å². The molecule has 66 valence electrons. The number of benzene rings is 1. The minimum Gasteiger partial charge on any atom is -0.504 e. The Bertz CT molecular complexity index is 271. The zero-order valence-electron chi connectivity index (χ0n) is 7.28. The summed E-state index contributed by atoms with van der Waals surface area (Å²) in [6, 6.07) is 4.85. The van der Waals surface area contributed by atoms with Gasteiger partial charge in [-0.25, -0.2) is 0 Å². The first-order valence-corrected chi connectivity index (χ1v) is 3.75. The van der Waals surface area contributed by atoms with Crippen LogP contribution in [0.2, 0.25) is 0 Å². The van der Waals surface area contributed by atoms with Gasteiger partial charge < -0.3 is 15.1 Å². The van der Waals surface area contributed by atoms with E-state index in [1.54, 1.807) is 12.1 Å². The van der Waals surface area contributed by atoms with Gasteiger partial charge in [-0.3, -0.25) is 0 Å². The minimum absolute atomic E-state index is 0.0608. The first-order valence-electron chi connectivity index (χ1n) is 3.75. The number of aromatic hydroxyl groups is 2. The van der Waals surface area contributed by atoms with Crippen LogP contribution in [0.5, 0.6) is 11.5 Å². The Kier molecular flexibility index (Phi) is 2.55. The highest BCUT2D eigenvalue weighted by molar-refractivity contribution is 5.40. The van der Waals surface area contributed by atoms with E-state index in [1.807, 2.05) is 19.0 Å². The molecule has 0 saturated heterocycles. The number of rotatable bonds is 2. The Labute approximate surface area is 71.9 Å². The molecule has 12 heavy (non-hydrogen) atoms. The van der Waals surface area contributed by atoms with Gasteiger partial charge >= 0.3 is 0 Å². The van der Waals surface area contributed by atoms with Crippen molar-refractivity contribution in [2.75, 3.05) is 14.1 Å². The number of hydrogen-bond acceptors (Lipinski definition) is 3. The Balaban J connectivity index is 2.82. The summed E-state index contributed by atoms with van der Waals surface area (Å²) >= 11 is 0. The number of phenols is 2. The third-order valence-electron chi connectivity index (χ3n) is 1.54. The van der Waals surface area contributed by atoms with Crippen LogP contribution in [-0.4, -0.2) is 29.2 Å². The lowest BCUT2D eigenvalue weighted by Crippen LogP contribution is -2.10. The fourth-order valence-electron chi connectivity index (χ4n) is 1.03. The standard InChI is InChI=1S/C9H13NO2/c1-10(2)6-7-3-4-8(11)9(12)5-7/h3-5,11-12H,6H2,1-2H3. The molecule has 1 rings (SSSR count). The van der Waals surface area contributed by atoms with Crippen LogP contribution in [0.1, 0.15) is 5.56 Å². The first-order chi connectivity index (χ1) is 5.59. The van der Waals surface area contributed by atoms with Gasteiger partial charge in [0.05, 0.1) is 0 Å². The van der Waals surface area contributed by atoms with Gasteiger partial charge in [-0.15, -0.1) is 0 Å². The Morgan fingerprint density at radius 3 is 2.33 bits per heavy atom. The molecule has 0 fully saturated rings. The molecule has 0 heterocycles. The topological polar surface area (TPSA) is 43.7 Å². The molecule has 0 radical (unpaired) electrons. The average molecular weight is 167 g/mol. The van der Waals surface area contributed by atoms with Crippen LogP contribution >= 0.6 is 0 Å². The smallest absolute Gasteiger partial charge is 0.157 e. The lowest BCUT2D eigenvalue weighted by molar-refractivity contribution is 0.390. The minimum atomic E-state index is -0.0718. The highest BCUT2D eigenvalue weighted by atomic mass is 16.3. The molecule has 0 bridgehead atoms. The summed E-state index contributed by atoms with van der Waals surface area (Å²) in [7, 11) is 3.90. The molecule has 1 aromatic rings. The number of hydrogen-bond donors (Lipinski definition) is 2. The second-order valence-electron chi connectivity index (χ2n) is 3.06. The van der Waals surface area contributed by atoms with E-state index in [-0.39, 0.29) is 11.5 Å². The molecule has 0 aliphatic rings. The predicted octanol–water partition coefficient (Wildman–Crippen LogP) is 1.16. The largest absolute Gasteiger partial charge is 0.504 e. The van der Waals surface area contributed by atoms with Crippen LogP contribution in [-0.2, 0) is 6.54 Å². The lowest BCUT2D eigenvalue weighted by Gasteiger charge is -2.09. The van der Waals surface area contributed by atoms with Crippen LogP contribution in [0.3, 0.4) is 0 Å². The summed E-state index contributed by atoms with van der Waals surface area (Å²) in [5.74, 6) is -0.133. The molecule has 0 unspecified atom stereocenters. The molecule has 0 aliphatic heterocycles.